The Morgan fingerprint density at radius 2 is 2.09 bits per heavy atom. The van der Waals surface area contributed by atoms with Gasteiger partial charge in [0, 0.05) is 6.61 Å². The van der Waals surface area contributed by atoms with E-state index in [9.17, 15) is 0 Å². The van der Waals surface area contributed by atoms with E-state index in [1.807, 2.05) is 6.92 Å². The molecule has 0 radical (unpaired) electrons. The third kappa shape index (κ3) is 3.16. The molecule has 1 saturated heterocycles. The highest BCUT2D eigenvalue weighted by molar-refractivity contribution is 4.58. The third-order valence-corrected chi connectivity index (χ3v) is 1.41. The lowest BCUT2D eigenvalue weighted by Gasteiger charge is -2.26. The quantitative estimate of drug-likeness (QED) is 0.622. The molecule has 1 aliphatic heterocycles. The number of aliphatic hydroxyl groups is 1. The van der Waals surface area contributed by atoms with Crippen molar-refractivity contribution >= 4 is 0 Å². The molecule has 0 bridgehead atoms. The first-order valence-corrected chi connectivity index (χ1v) is 3.82. The molecular weight excluding hydrogens is 148 g/mol. The molecule has 0 aromatic carbocycles. The predicted molar refractivity (Wildman–Crippen MR) is 38.2 cm³/mol. The molecule has 1 N–H and O–H groups in total. The molecule has 1 heterocycles. The molecule has 0 spiro atoms. The number of hydrogen-bond acceptors (Lipinski definition) is 4. The van der Waals surface area contributed by atoms with E-state index in [2.05, 4.69) is 0 Å². The minimum atomic E-state index is -0.479. The summed E-state index contributed by atoms with van der Waals surface area (Å²) in [6.07, 6.45) is -0.772. The summed E-state index contributed by atoms with van der Waals surface area (Å²) >= 11 is 0. The van der Waals surface area contributed by atoms with Crippen LogP contribution in [0.4, 0.5) is 0 Å². The van der Waals surface area contributed by atoms with Gasteiger partial charge in [-0.1, -0.05) is 0 Å². The Labute approximate surface area is 66.1 Å². The fourth-order valence-electron chi connectivity index (χ4n) is 0.843. The predicted octanol–water partition coefficient (Wildman–Crippen LogP) is -0.243. The van der Waals surface area contributed by atoms with E-state index in [0.717, 1.165) is 0 Å². The second-order valence-corrected chi connectivity index (χ2v) is 2.41. The van der Waals surface area contributed by atoms with Gasteiger partial charge in [-0.2, -0.15) is 0 Å². The van der Waals surface area contributed by atoms with Crippen LogP contribution in [0.1, 0.15) is 6.92 Å². The molecule has 0 aliphatic carbocycles. The molecule has 4 heteroatoms. The van der Waals surface area contributed by atoms with Gasteiger partial charge in [0.05, 0.1) is 19.8 Å². The van der Waals surface area contributed by atoms with Crippen LogP contribution in [0.2, 0.25) is 0 Å². The van der Waals surface area contributed by atoms with E-state index in [1.165, 1.54) is 0 Å². The number of rotatable bonds is 3. The van der Waals surface area contributed by atoms with Crippen molar-refractivity contribution in [1.82, 2.24) is 0 Å². The lowest BCUT2D eigenvalue weighted by Crippen LogP contribution is -2.37. The number of aliphatic hydroxyl groups excluding tert-OH is 1. The van der Waals surface area contributed by atoms with Gasteiger partial charge in [0.1, 0.15) is 6.10 Å². The van der Waals surface area contributed by atoms with E-state index in [4.69, 9.17) is 19.3 Å². The van der Waals surface area contributed by atoms with Gasteiger partial charge in [0.2, 0.25) is 0 Å². The molecule has 0 atom stereocenters. The van der Waals surface area contributed by atoms with Crippen molar-refractivity contribution in [2.24, 2.45) is 0 Å². The molecule has 0 aromatic rings. The summed E-state index contributed by atoms with van der Waals surface area (Å²) in [5.41, 5.74) is 0. The summed E-state index contributed by atoms with van der Waals surface area (Å²) in [5.74, 6) is 0. The topological polar surface area (TPSA) is 47.9 Å². The van der Waals surface area contributed by atoms with Crippen LogP contribution in [-0.4, -0.2) is 43.9 Å². The maximum Gasteiger partial charge on any atom is 0.181 e. The Hall–Kier alpha value is -0.160. The van der Waals surface area contributed by atoms with Crippen molar-refractivity contribution < 1.29 is 19.3 Å². The molecule has 1 aliphatic rings. The molecule has 0 unspecified atom stereocenters. The van der Waals surface area contributed by atoms with Crippen molar-refractivity contribution in [3.05, 3.63) is 0 Å². The van der Waals surface area contributed by atoms with E-state index in [1.54, 1.807) is 0 Å². The summed E-state index contributed by atoms with van der Waals surface area (Å²) in [6, 6.07) is 0. The Kier molecular flexibility index (Phi) is 3.79. The second kappa shape index (κ2) is 4.66. The van der Waals surface area contributed by atoms with Gasteiger partial charge in [-0.05, 0) is 6.92 Å². The number of hydrogen-bond donors (Lipinski definition) is 1. The van der Waals surface area contributed by atoms with E-state index in [0.29, 0.717) is 26.4 Å². The summed E-state index contributed by atoms with van der Waals surface area (Å²) in [7, 11) is 0. The maximum absolute atomic E-state index is 8.96. The first-order valence-electron chi connectivity index (χ1n) is 3.82. The van der Waals surface area contributed by atoms with Crippen LogP contribution in [0.3, 0.4) is 0 Å². The van der Waals surface area contributed by atoms with Crippen LogP contribution in [0, 0.1) is 0 Å². The minimum absolute atomic E-state index is 0.293. The highest BCUT2D eigenvalue weighted by Crippen LogP contribution is 2.05. The molecule has 0 aromatic heterocycles. The fraction of sp³-hybridized carbons (Fsp3) is 1.00. The van der Waals surface area contributed by atoms with Crippen molar-refractivity contribution in [3.8, 4) is 0 Å². The average molecular weight is 162 g/mol. The van der Waals surface area contributed by atoms with Crippen LogP contribution in [0.25, 0.3) is 0 Å². The van der Waals surface area contributed by atoms with Gasteiger partial charge in [0.15, 0.2) is 6.29 Å². The monoisotopic (exact) mass is 162 g/mol. The fourth-order valence-corrected chi connectivity index (χ4v) is 0.843. The standard InChI is InChI=1S/C7H14O4/c1-2-9-5-7-10-3-6(8)4-11-7/h6-8H,2-5H2,1H3. The SMILES string of the molecule is CCOCC1OCC(O)CO1. The van der Waals surface area contributed by atoms with Gasteiger partial charge >= 0.3 is 0 Å². The van der Waals surface area contributed by atoms with E-state index < -0.39 is 6.10 Å². The highest BCUT2D eigenvalue weighted by Gasteiger charge is 2.19. The van der Waals surface area contributed by atoms with Crippen LogP contribution in [-0.2, 0) is 14.2 Å². The zero-order chi connectivity index (χ0) is 8.10. The largest absolute Gasteiger partial charge is 0.388 e. The Morgan fingerprint density at radius 1 is 1.45 bits per heavy atom. The first kappa shape index (κ1) is 8.93. The summed E-state index contributed by atoms with van der Waals surface area (Å²) in [6.45, 7) is 3.71. The molecule has 4 nitrogen and oxygen atoms in total. The molecule has 66 valence electrons. The van der Waals surface area contributed by atoms with E-state index in [-0.39, 0.29) is 6.29 Å². The summed E-state index contributed by atoms with van der Waals surface area (Å²) in [4.78, 5) is 0. The molecule has 0 saturated carbocycles. The van der Waals surface area contributed by atoms with Crippen LogP contribution in [0.15, 0.2) is 0 Å². The summed E-state index contributed by atoms with van der Waals surface area (Å²) < 4.78 is 15.3. The van der Waals surface area contributed by atoms with Gasteiger partial charge in [-0.15, -0.1) is 0 Å². The lowest BCUT2D eigenvalue weighted by atomic mass is 10.4. The second-order valence-electron chi connectivity index (χ2n) is 2.41. The van der Waals surface area contributed by atoms with Crippen LogP contribution >= 0.6 is 0 Å². The Balaban J connectivity index is 2.07. The zero-order valence-electron chi connectivity index (χ0n) is 6.66. The van der Waals surface area contributed by atoms with Crippen molar-refractivity contribution in [2.45, 2.75) is 19.3 Å². The minimum Gasteiger partial charge on any atom is -0.388 e. The van der Waals surface area contributed by atoms with Crippen molar-refractivity contribution in [1.29, 1.82) is 0 Å². The molecule has 0 amide bonds. The van der Waals surface area contributed by atoms with Gasteiger partial charge in [-0.3, -0.25) is 0 Å². The molecule has 1 fully saturated rings. The average Bonchev–Trinajstić information content (AvgIpc) is 2.04. The third-order valence-electron chi connectivity index (χ3n) is 1.41. The van der Waals surface area contributed by atoms with E-state index >= 15 is 0 Å². The highest BCUT2D eigenvalue weighted by atomic mass is 16.7. The van der Waals surface area contributed by atoms with Crippen LogP contribution < -0.4 is 0 Å². The Bertz CT molecular complexity index is 95.9. The maximum atomic E-state index is 8.96. The molecule has 1 rings (SSSR count). The number of ether oxygens (including phenoxy) is 3. The lowest BCUT2D eigenvalue weighted by molar-refractivity contribution is -0.233. The summed E-state index contributed by atoms with van der Waals surface area (Å²) in [5, 5.41) is 8.96. The Morgan fingerprint density at radius 3 is 2.64 bits per heavy atom. The molecule has 11 heavy (non-hydrogen) atoms. The first-order chi connectivity index (χ1) is 5.33. The smallest absolute Gasteiger partial charge is 0.181 e. The zero-order valence-corrected chi connectivity index (χ0v) is 6.66. The van der Waals surface area contributed by atoms with Crippen molar-refractivity contribution in [3.63, 3.8) is 0 Å². The normalized spacial score (nSPS) is 32.2. The van der Waals surface area contributed by atoms with Gasteiger partial charge in [-0.25, -0.2) is 0 Å². The van der Waals surface area contributed by atoms with Gasteiger partial charge in [0.25, 0.3) is 0 Å². The van der Waals surface area contributed by atoms with Crippen molar-refractivity contribution in [2.75, 3.05) is 26.4 Å². The molecular formula is C7H14O4. The van der Waals surface area contributed by atoms with Crippen LogP contribution in [0.5, 0.6) is 0 Å². The van der Waals surface area contributed by atoms with Gasteiger partial charge < -0.3 is 19.3 Å².